The molecule has 0 saturated heterocycles. The lowest BCUT2D eigenvalue weighted by Crippen LogP contribution is -2.10. The summed E-state index contributed by atoms with van der Waals surface area (Å²) in [4.78, 5) is 24.3. The van der Waals surface area contributed by atoms with Gasteiger partial charge in [0, 0.05) is 17.0 Å². The second kappa shape index (κ2) is 7.69. The summed E-state index contributed by atoms with van der Waals surface area (Å²) in [5, 5.41) is 2.81. The van der Waals surface area contributed by atoms with Crippen molar-refractivity contribution in [3.05, 3.63) is 94.3 Å². The third kappa shape index (κ3) is 3.67. The second-order valence-corrected chi connectivity index (χ2v) is 6.93. The average molecular weight is 372 g/mol. The van der Waals surface area contributed by atoms with Crippen LogP contribution in [-0.4, -0.2) is 5.97 Å². The number of fused-ring (bicyclic) bond motifs is 3. The lowest BCUT2D eigenvalue weighted by molar-refractivity contribution is -0.145. The Balaban J connectivity index is 1.58. The number of benzene rings is 3. The quantitative estimate of drug-likeness (QED) is 0.275. The van der Waals surface area contributed by atoms with Gasteiger partial charge in [0.15, 0.2) is 0 Å². The van der Waals surface area contributed by atoms with E-state index in [2.05, 4.69) is 0 Å². The van der Waals surface area contributed by atoms with Crippen molar-refractivity contribution in [2.24, 2.45) is 0 Å². The van der Waals surface area contributed by atoms with Crippen LogP contribution in [0.25, 0.3) is 21.7 Å². The molecular weight excluding hydrogens is 352 g/mol. The maximum Gasteiger partial charge on any atom is 0.336 e. The summed E-state index contributed by atoms with van der Waals surface area (Å²) in [6.07, 6.45) is 0.282. The highest BCUT2D eigenvalue weighted by molar-refractivity contribution is 6.07. The number of ether oxygens (including phenoxy) is 1. The molecule has 0 saturated carbocycles. The zero-order chi connectivity index (χ0) is 19.5. The van der Waals surface area contributed by atoms with Crippen LogP contribution in [-0.2, 0) is 16.1 Å². The van der Waals surface area contributed by atoms with Gasteiger partial charge >= 0.3 is 11.6 Å². The summed E-state index contributed by atoms with van der Waals surface area (Å²) in [6, 6.07) is 22.8. The van der Waals surface area contributed by atoms with E-state index < -0.39 is 5.63 Å². The highest BCUT2D eigenvalue weighted by atomic mass is 16.5. The van der Waals surface area contributed by atoms with Crippen LogP contribution in [0.5, 0.6) is 0 Å². The first-order valence-corrected chi connectivity index (χ1v) is 9.27. The van der Waals surface area contributed by atoms with Gasteiger partial charge in [0.05, 0.1) is 6.42 Å². The Bertz CT molecular complexity index is 1190. The number of carbonyl (C=O) groups excluding carboxylic acids is 1. The van der Waals surface area contributed by atoms with Crippen molar-refractivity contribution in [1.29, 1.82) is 0 Å². The predicted molar refractivity (Wildman–Crippen MR) is 109 cm³/mol. The standard InChI is InChI=1S/C24H20O4/c1-16(17-7-3-2-4-8-17)13-22(25)27-15-19-14-23(26)28-21-12-11-18-9-5-6-10-20(18)24(19)21/h2-12,14,16H,13,15H2,1H3/t16-/m0/s1. The van der Waals surface area contributed by atoms with Gasteiger partial charge < -0.3 is 9.15 Å². The van der Waals surface area contributed by atoms with Gasteiger partial charge in [-0.3, -0.25) is 4.79 Å². The monoisotopic (exact) mass is 372 g/mol. The Kier molecular flexibility index (Phi) is 4.94. The molecular formula is C24H20O4. The average Bonchev–Trinajstić information content (AvgIpc) is 2.72. The Morgan fingerprint density at radius 1 is 1.00 bits per heavy atom. The van der Waals surface area contributed by atoms with Crippen LogP contribution in [0.4, 0.5) is 0 Å². The Labute approximate surface area is 162 Å². The van der Waals surface area contributed by atoms with E-state index in [9.17, 15) is 9.59 Å². The normalized spacial score (nSPS) is 12.2. The number of hydrogen-bond acceptors (Lipinski definition) is 4. The van der Waals surface area contributed by atoms with Crippen LogP contribution in [0.1, 0.15) is 30.4 Å². The van der Waals surface area contributed by atoms with Crippen molar-refractivity contribution >= 4 is 27.7 Å². The van der Waals surface area contributed by atoms with Gasteiger partial charge in [-0.15, -0.1) is 0 Å². The molecule has 1 aromatic heterocycles. The van der Waals surface area contributed by atoms with Crippen LogP contribution in [0, 0.1) is 0 Å². The smallest absolute Gasteiger partial charge is 0.336 e. The van der Waals surface area contributed by atoms with Gasteiger partial charge in [0.1, 0.15) is 12.2 Å². The molecule has 0 N–H and O–H groups in total. The van der Waals surface area contributed by atoms with Crippen molar-refractivity contribution in [2.75, 3.05) is 0 Å². The second-order valence-electron chi connectivity index (χ2n) is 6.93. The van der Waals surface area contributed by atoms with Gasteiger partial charge in [0.2, 0.25) is 0 Å². The zero-order valence-electron chi connectivity index (χ0n) is 15.6. The van der Waals surface area contributed by atoms with E-state index >= 15 is 0 Å². The van der Waals surface area contributed by atoms with Crippen molar-refractivity contribution < 1.29 is 13.9 Å². The molecule has 0 bridgehead atoms. The van der Waals surface area contributed by atoms with E-state index in [1.165, 1.54) is 6.07 Å². The highest BCUT2D eigenvalue weighted by Crippen LogP contribution is 2.28. The molecule has 1 heterocycles. The molecule has 140 valence electrons. The third-order valence-corrected chi connectivity index (χ3v) is 4.94. The molecule has 4 heteroatoms. The first kappa shape index (κ1) is 18.0. The maximum atomic E-state index is 12.4. The summed E-state index contributed by atoms with van der Waals surface area (Å²) in [5.74, 6) is -0.231. The third-order valence-electron chi connectivity index (χ3n) is 4.94. The Hall–Kier alpha value is -3.40. The molecule has 0 aliphatic rings. The number of carbonyl (C=O) groups is 1. The maximum absolute atomic E-state index is 12.4. The lowest BCUT2D eigenvalue weighted by atomic mass is 9.98. The molecule has 4 aromatic rings. The minimum Gasteiger partial charge on any atom is -0.461 e. The molecule has 1 atom stereocenters. The molecule has 0 amide bonds. The molecule has 0 aliphatic carbocycles. The minimum atomic E-state index is -0.452. The van der Waals surface area contributed by atoms with E-state index in [1.807, 2.05) is 67.6 Å². The van der Waals surface area contributed by atoms with E-state index in [-0.39, 0.29) is 24.9 Å². The van der Waals surface area contributed by atoms with Crippen LogP contribution in [0.3, 0.4) is 0 Å². The van der Waals surface area contributed by atoms with Crippen LogP contribution in [0.15, 0.2) is 82.0 Å². The number of esters is 1. The Morgan fingerprint density at radius 3 is 2.57 bits per heavy atom. The fourth-order valence-corrected chi connectivity index (χ4v) is 3.50. The molecule has 4 nitrogen and oxygen atoms in total. The van der Waals surface area contributed by atoms with Crippen molar-refractivity contribution in [3.63, 3.8) is 0 Å². The molecule has 4 rings (SSSR count). The molecule has 0 radical (unpaired) electrons. The summed E-state index contributed by atoms with van der Waals surface area (Å²) in [7, 11) is 0. The van der Waals surface area contributed by atoms with Gasteiger partial charge in [-0.25, -0.2) is 4.79 Å². The van der Waals surface area contributed by atoms with Crippen molar-refractivity contribution in [3.8, 4) is 0 Å². The summed E-state index contributed by atoms with van der Waals surface area (Å²) >= 11 is 0. The van der Waals surface area contributed by atoms with E-state index in [0.717, 1.165) is 21.7 Å². The van der Waals surface area contributed by atoms with Crippen LogP contribution in [0.2, 0.25) is 0 Å². The lowest BCUT2D eigenvalue weighted by Gasteiger charge is -2.13. The van der Waals surface area contributed by atoms with E-state index in [0.29, 0.717) is 11.1 Å². The first-order valence-electron chi connectivity index (χ1n) is 9.27. The van der Waals surface area contributed by atoms with Crippen molar-refractivity contribution in [1.82, 2.24) is 0 Å². The molecule has 0 fully saturated rings. The fourth-order valence-electron chi connectivity index (χ4n) is 3.50. The van der Waals surface area contributed by atoms with Gasteiger partial charge in [0.25, 0.3) is 0 Å². The SMILES string of the molecule is C[C@@H](CC(=O)OCc1cc(=O)oc2ccc3ccccc3c12)c1ccccc1. The molecule has 28 heavy (non-hydrogen) atoms. The molecule has 3 aromatic carbocycles. The van der Waals surface area contributed by atoms with E-state index in [4.69, 9.17) is 9.15 Å². The number of hydrogen-bond donors (Lipinski definition) is 0. The van der Waals surface area contributed by atoms with Crippen molar-refractivity contribution in [2.45, 2.75) is 25.9 Å². The minimum absolute atomic E-state index is 0.0381. The predicted octanol–water partition coefficient (Wildman–Crippen LogP) is 5.18. The highest BCUT2D eigenvalue weighted by Gasteiger charge is 2.15. The topological polar surface area (TPSA) is 56.5 Å². The largest absolute Gasteiger partial charge is 0.461 e. The van der Waals surface area contributed by atoms with Crippen LogP contribution < -0.4 is 5.63 Å². The number of rotatable bonds is 5. The summed E-state index contributed by atoms with van der Waals surface area (Å²) in [5.41, 5.74) is 1.79. The van der Waals surface area contributed by atoms with Gasteiger partial charge in [-0.2, -0.15) is 0 Å². The van der Waals surface area contributed by atoms with Crippen LogP contribution >= 0.6 is 0 Å². The fraction of sp³-hybridized carbons (Fsp3) is 0.167. The summed E-state index contributed by atoms with van der Waals surface area (Å²) < 4.78 is 10.9. The van der Waals surface area contributed by atoms with E-state index in [1.54, 1.807) is 6.07 Å². The molecule has 0 unspecified atom stereocenters. The first-order chi connectivity index (χ1) is 13.6. The van der Waals surface area contributed by atoms with Gasteiger partial charge in [-0.05, 0) is 28.3 Å². The van der Waals surface area contributed by atoms with Gasteiger partial charge in [-0.1, -0.05) is 67.6 Å². The Morgan fingerprint density at radius 2 is 1.75 bits per heavy atom. The zero-order valence-corrected chi connectivity index (χ0v) is 15.6. The molecule has 0 spiro atoms. The summed E-state index contributed by atoms with van der Waals surface area (Å²) in [6.45, 7) is 2.03. The molecule has 0 aliphatic heterocycles.